The summed E-state index contributed by atoms with van der Waals surface area (Å²) in [5.41, 5.74) is 11.2. The standard InChI is InChI=1S/C26H34N6O2/c1-3-4-13-29-25-24-23(30-26(27)31-25)20-8-5-6-9-21(20)32(24)17-19-15-18(10-11-22(19)34-2)16-28-12-7-14-33/h5-6,8-11,15,28,33H,3-4,7,12-14,16-17H2,1-2H3,(H3,27,29,30,31). The molecule has 2 aromatic heterocycles. The smallest absolute Gasteiger partial charge is 0.222 e. The Balaban J connectivity index is 1.79. The third-order valence-electron chi connectivity index (χ3n) is 5.96. The van der Waals surface area contributed by atoms with Crippen LogP contribution in [0.3, 0.4) is 0 Å². The normalized spacial score (nSPS) is 11.4. The first kappa shape index (κ1) is 23.8. The molecule has 0 aliphatic carbocycles. The van der Waals surface area contributed by atoms with Crippen molar-refractivity contribution in [2.75, 3.05) is 37.9 Å². The number of nitrogens with two attached hydrogens (primary N) is 1. The maximum absolute atomic E-state index is 9.02. The van der Waals surface area contributed by atoms with Crippen LogP contribution < -0.4 is 21.1 Å². The molecule has 0 saturated carbocycles. The summed E-state index contributed by atoms with van der Waals surface area (Å²) in [4.78, 5) is 9.18. The number of nitrogen functional groups attached to an aromatic ring is 1. The first-order valence-electron chi connectivity index (χ1n) is 11.9. The van der Waals surface area contributed by atoms with Gasteiger partial charge in [-0.3, -0.25) is 0 Å². The van der Waals surface area contributed by atoms with E-state index in [2.05, 4.69) is 56.4 Å². The lowest BCUT2D eigenvalue weighted by Crippen LogP contribution is -2.16. The summed E-state index contributed by atoms with van der Waals surface area (Å²) in [6.45, 7) is 5.29. The molecule has 4 aromatic rings. The van der Waals surface area contributed by atoms with Crippen molar-refractivity contribution in [1.82, 2.24) is 19.9 Å². The fraction of sp³-hybridized carbons (Fsp3) is 0.385. The molecule has 0 unspecified atom stereocenters. The quantitative estimate of drug-likeness (QED) is 0.236. The van der Waals surface area contributed by atoms with Gasteiger partial charge in [-0.1, -0.05) is 37.6 Å². The van der Waals surface area contributed by atoms with Crippen LogP contribution in [0, 0.1) is 0 Å². The van der Waals surface area contributed by atoms with E-state index in [0.717, 1.165) is 83.5 Å². The number of unbranched alkanes of at least 4 members (excludes halogenated alkanes) is 1. The molecule has 0 spiro atoms. The second-order valence-corrected chi connectivity index (χ2v) is 8.41. The molecule has 4 rings (SSSR count). The number of methoxy groups -OCH3 is 1. The van der Waals surface area contributed by atoms with Gasteiger partial charge in [-0.2, -0.15) is 4.98 Å². The van der Waals surface area contributed by atoms with Gasteiger partial charge in [0.25, 0.3) is 0 Å². The molecule has 0 radical (unpaired) electrons. The van der Waals surface area contributed by atoms with E-state index in [9.17, 15) is 0 Å². The van der Waals surface area contributed by atoms with Crippen molar-refractivity contribution in [2.24, 2.45) is 0 Å². The number of rotatable bonds is 12. The molecule has 0 fully saturated rings. The minimum Gasteiger partial charge on any atom is -0.496 e. The number of hydrogen-bond acceptors (Lipinski definition) is 7. The van der Waals surface area contributed by atoms with Crippen LogP contribution in [0.5, 0.6) is 5.75 Å². The second kappa shape index (κ2) is 11.2. The van der Waals surface area contributed by atoms with Gasteiger partial charge >= 0.3 is 0 Å². The monoisotopic (exact) mass is 462 g/mol. The number of aliphatic hydroxyl groups is 1. The van der Waals surface area contributed by atoms with E-state index >= 15 is 0 Å². The van der Waals surface area contributed by atoms with E-state index < -0.39 is 0 Å². The number of fused-ring (bicyclic) bond motifs is 3. The first-order valence-corrected chi connectivity index (χ1v) is 11.9. The predicted octanol–water partition coefficient (Wildman–Crippen LogP) is 3.91. The van der Waals surface area contributed by atoms with Gasteiger partial charge in [0.2, 0.25) is 5.95 Å². The summed E-state index contributed by atoms with van der Waals surface area (Å²) in [5, 5.41) is 16.9. The van der Waals surface area contributed by atoms with Gasteiger partial charge in [-0.15, -0.1) is 0 Å². The highest BCUT2D eigenvalue weighted by Crippen LogP contribution is 2.34. The first-order chi connectivity index (χ1) is 16.7. The lowest BCUT2D eigenvalue weighted by molar-refractivity contribution is 0.286. The molecule has 2 heterocycles. The van der Waals surface area contributed by atoms with E-state index in [-0.39, 0.29) is 12.6 Å². The fourth-order valence-corrected chi connectivity index (χ4v) is 4.29. The third kappa shape index (κ3) is 5.08. The van der Waals surface area contributed by atoms with Gasteiger partial charge in [0.1, 0.15) is 16.8 Å². The van der Waals surface area contributed by atoms with E-state index in [4.69, 9.17) is 15.6 Å². The topological polar surface area (TPSA) is 110 Å². The average molecular weight is 463 g/mol. The van der Waals surface area contributed by atoms with E-state index in [1.165, 1.54) is 0 Å². The van der Waals surface area contributed by atoms with Gasteiger partial charge in [0.15, 0.2) is 5.82 Å². The molecule has 0 atom stereocenters. The number of para-hydroxylation sites is 1. The number of hydrogen-bond donors (Lipinski definition) is 4. The summed E-state index contributed by atoms with van der Waals surface area (Å²) < 4.78 is 7.96. The van der Waals surface area contributed by atoms with Gasteiger partial charge in [0, 0.05) is 30.6 Å². The predicted molar refractivity (Wildman–Crippen MR) is 138 cm³/mol. The van der Waals surface area contributed by atoms with E-state index in [1.807, 2.05) is 18.2 Å². The Bertz CT molecular complexity index is 1250. The summed E-state index contributed by atoms with van der Waals surface area (Å²) in [6.07, 6.45) is 2.88. The second-order valence-electron chi connectivity index (χ2n) is 8.41. The van der Waals surface area contributed by atoms with E-state index in [1.54, 1.807) is 7.11 Å². The lowest BCUT2D eigenvalue weighted by atomic mass is 10.1. The van der Waals surface area contributed by atoms with Crippen LogP contribution in [0.1, 0.15) is 37.3 Å². The molecule has 0 amide bonds. The summed E-state index contributed by atoms with van der Waals surface area (Å²) in [7, 11) is 1.70. The Morgan fingerprint density at radius 2 is 1.94 bits per heavy atom. The summed E-state index contributed by atoms with van der Waals surface area (Å²) in [6, 6.07) is 14.5. The van der Waals surface area contributed by atoms with Crippen LogP contribution >= 0.6 is 0 Å². The average Bonchev–Trinajstić information content (AvgIpc) is 3.15. The highest BCUT2D eigenvalue weighted by atomic mass is 16.5. The van der Waals surface area contributed by atoms with Gasteiger partial charge in [-0.25, -0.2) is 4.98 Å². The Kier molecular flexibility index (Phi) is 7.82. The zero-order chi connectivity index (χ0) is 23.9. The molecule has 180 valence electrons. The molecule has 0 bridgehead atoms. The largest absolute Gasteiger partial charge is 0.496 e. The van der Waals surface area contributed by atoms with Crippen LogP contribution in [0.25, 0.3) is 21.9 Å². The molecule has 8 nitrogen and oxygen atoms in total. The molecule has 0 aliphatic rings. The van der Waals surface area contributed by atoms with Crippen LogP contribution in [0.4, 0.5) is 11.8 Å². The Hall–Kier alpha value is -3.36. The zero-order valence-electron chi connectivity index (χ0n) is 20.0. The Morgan fingerprint density at radius 1 is 1.09 bits per heavy atom. The van der Waals surface area contributed by atoms with Crippen LogP contribution in [-0.4, -0.2) is 46.4 Å². The number of aromatic nitrogens is 3. The maximum Gasteiger partial charge on any atom is 0.222 e. The zero-order valence-corrected chi connectivity index (χ0v) is 20.0. The van der Waals surface area contributed by atoms with Crippen molar-refractivity contribution in [3.05, 3.63) is 53.6 Å². The van der Waals surface area contributed by atoms with Crippen molar-refractivity contribution in [3.63, 3.8) is 0 Å². The third-order valence-corrected chi connectivity index (χ3v) is 5.96. The molecule has 2 aromatic carbocycles. The number of benzene rings is 2. The molecular formula is C26H34N6O2. The number of ether oxygens (including phenoxy) is 1. The van der Waals surface area contributed by atoms with E-state index in [0.29, 0.717) is 6.54 Å². The van der Waals surface area contributed by atoms with Crippen molar-refractivity contribution in [3.8, 4) is 5.75 Å². The number of nitrogens with zero attached hydrogens (tertiary/aromatic N) is 3. The highest BCUT2D eigenvalue weighted by molar-refractivity contribution is 6.09. The minimum absolute atomic E-state index is 0.190. The van der Waals surface area contributed by atoms with Gasteiger partial charge in [0.05, 0.1) is 19.2 Å². The van der Waals surface area contributed by atoms with Gasteiger partial charge in [-0.05, 0) is 43.1 Å². The maximum atomic E-state index is 9.02. The molecular weight excluding hydrogens is 428 g/mol. The van der Waals surface area contributed by atoms with Crippen molar-refractivity contribution >= 4 is 33.7 Å². The summed E-state index contributed by atoms with van der Waals surface area (Å²) >= 11 is 0. The molecule has 0 saturated heterocycles. The van der Waals surface area contributed by atoms with Gasteiger partial charge < -0.3 is 30.8 Å². The van der Waals surface area contributed by atoms with Crippen molar-refractivity contribution in [1.29, 1.82) is 0 Å². The van der Waals surface area contributed by atoms with Crippen LogP contribution in [0.2, 0.25) is 0 Å². The Labute approximate surface area is 200 Å². The summed E-state index contributed by atoms with van der Waals surface area (Å²) in [5.74, 6) is 1.86. The molecule has 5 N–H and O–H groups in total. The lowest BCUT2D eigenvalue weighted by Gasteiger charge is -2.15. The van der Waals surface area contributed by atoms with Crippen LogP contribution in [-0.2, 0) is 13.1 Å². The minimum atomic E-state index is 0.190. The number of nitrogens with one attached hydrogen (secondary N) is 2. The number of anilines is 2. The fourth-order valence-electron chi connectivity index (χ4n) is 4.29. The Morgan fingerprint density at radius 3 is 2.74 bits per heavy atom. The number of aliphatic hydroxyl groups excluding tert-OH is 1. The molecule has 0 aliphatic heterocycles. The van der Waals surface area contributed by atoms with Crippen LogP contribution in [0.15, 0.2) is 42.5 Å². The SMILES string of the molecule is CCCCNc1nc(N)nc2c3ccccc3n(Cc3cc(CNCCCO)ccc3OC)c12. The highest BCUT2D eigenvalue weighted by Gasteiger charge is 2.19. The molecule has 8 heteroatoms. The molecule has 34 heavy (non-hydrogen) atoms. The van der Waals surface area contributed by atoms with Crippen molar-refractivity contribution in [2.45, 2.75) is 39.3 Å². The van der Waals surface area contributed by atoms with Crippen molar-refractivity contribution < 1.29 is 9.84 Å².